The van der Waals surface area contributed by atoms with Gasteiger partial charge in [0.15, 0.2) is 0 Å². The lowest BCUT2D eigenvalue weighted by Crippen LogP contribution is -1.95. The van der Waals surface area contributed by atoms with Gasteiger partial charge in [-0.2, -0.15) is 5.26 Å². The van der Waals surface area contributed by atoms with Gasteiger partial charge in [-0.3, -0.25) is 0 Å². The van der Waals surface area contributed by atoms with Crippen molar-refractivity contribution in [2.24, 2.45) is 11.7 Å². The first-order valence-electron chi connectivity index (χ1n) is 5.36. The van der Waals surface area contributed by atoms with Gasteiger partial charge in [-0.1, -0.05) is 40.0 Å². The molecule has 2 N–H and O–H groups in total. The van der Waals surface area contributed by atoms with Crippen molar-refractivity contribution < 1.29 is 0 Å². The third kappa shape index (κ3) is 14.3. The Kier molecular flexibility index (Phi) is 16.1. The van der Waals surface area contributed by atoms with Crippen LogP contribution in [0.1, 0.15) is 52.9 Å². The van der Waals surface area contributed by atoms with Crippen molar-refractivity contribution in [2.75, 3.05) is 6.54 Å². The van der Waals surface area contributed by atoms with Crippen LogP contribution in [0.5, 0.6) is 0 Å². The Morgan fingerprint density at radius 1 is 1.15 bits per heavy atom. The molecular formula is C11H24N2. The van der Waals surface area contributed by atoms with E-state index in [9.17, 15) is 0 Å². The van der Waals surface area contributed by atoms with Crippen molar-refractivity contribution in [3.05, 3.63) is 0 Å². The predicted octanol–water partition coefficient (Wildman–Crippen LogP) is 3.08. The Balaban J connectivity index is 0. The van der Waals surface area contributed by atoms with Crippen molar-refractivity contribution >= 4 is 0 Å². The van der Waals surface area contributed by atoms with E-state index >= 15 is 0 Å². The highest BCUT2D eigenvalue weighted by Gasteiger charge is 2.03. The van der Waals surface area contributed by atoms with Gasteiger partial charge in [-0.25, -0.2) is 0 Å². The monoisotopic (exact) mass is 184 g/mol. The second kappa shape index (κ2) is 14.0. The number of nitriles is 1. The van der Waals surface area contributed by atoms with Gasteiger partial charge in [0.25, 0.3) is 0 Å². The van der Waals surface area contributed by atoms with Crippen LogP contribution in [0.15, 0.2) is 0 Å². The number of nitrogens with two attached hydrogens (primary N) is 1. The minimum absolute atomic E-state index is 0.324. The Bertz CT molecular complexity index is 116. The highest BCUT2D eigenvalue weighted by atomic mass is 14.5. The van der Waals surface area contributed by atoms with Crippen LogP contribution in [0.2, 0.25) is 0 Å². The highest BCUT2D eigenvalue weighted by Crippen LogP contribution is 2.12. The van der Waals surface area contributed by atoms with Crippen LogP contribution < -0.4 is 5.73 Å². The van der Waals surface area contributed by atoms with Crippen molar-refractivity contribution in [2.45, 2.75) is 52.9 Å². The molecule has 0 amide bonds. The van der Waals surface area contributed by atoms with Gasteiger partial charge in [0.1, 0.15) is 0 Å². The summed E-state index contributed by atoms with van der Waals surface area (Å²) >= 11 is 0. The van der Waals surface area contributed by atoms with Crippen molar-refractivity contribution in [1.82, 2.24) is 0 Å². The zero-order valence-electron chi connectivity index (χ0n) is 9.34. The van der Waals surface area contributed by atoms with Crippen molar-refractivity contribution in [3.8, 4) is 6.07 Å². The average Bonchev–Trinajstić information content (AvgIpc) is 2.13. The number of hydrogen-bond acceptors (Lipinski definition) is 2. The number of unbranched alkanes of at least 4 members (excludes halogenated alkanes) is 1. The molecule has 0 bridgehead atoms. The standard InChI is InChI=1S/C9H17N.C2H7N/c1-3-5-7-9(8-10)6-4-2;1-2-3/h9H,3-7H2,1-2H3;2-3H2,1H3. The van der Waals surface area contributed by atoms with Crippen LogP contribution in [0, 0.1) is 17.2 Å². The van der Waals surface area contributed by atoms with Crippen LogP contribution in [-0.2, 0) is 0 Å². The van der Waals surface area contributed by atoms with E-state index in [2.05, 4.69) is 19.9 Å². The fourth-order valence-electron chi connectivity index (χ4n) is 1.07. The summed E-state index contributed by atoms with van der Waals surface area (Å²) in [4.78, 5) is 0. The van der Waals surface area contributed by atoms with Gasteiger partial charge in [-0.15, -0.1) is 0 Å². The highest BCUT2D eigenvalue weighted by molar-refractivity contribution is 4.81. The molecule has 0 aromatic carbocycles. The summed E-state index contributed by atoms with van der Waals surface area (Å²) in [6.45, 7) is 6.96. The molecule has 13 heavy (non-hydrogen) atoms. The average molecular weight is 184 g/mol. The molecule has 0 rings (SSSR count). The molecular weight excluding hydrogens is 160 g/mol. The van der Waals surface area contributed by atoms with E-state index in [1.54, 1.807) is 0 Å². The van der Waals surface area contributed by atoms with Gasteiger partial charge in [0.05, 0.1) is 6.07 Å². The number of nitrogens with zero attached hydrogens (tertiary/aromatic N) is 1. The van der Waals surface area contributed by atoms with E-state index in [4.69, 9.17) is 11.0 Å². The molecule has 0 radical (unpaired) electrons. The van der Waals surface area contributed by atoms with Crippen molar-refractivity contribution in [1.29, 1.82) is 5.26 Å². The maximum absolute atomic E-state index is 8.63. The molecule has 0 aliphatic heterocycles. The van der Waals surface area contributed by atoms with E-state index in [-0.39, 0.29) is 0 Å². The summed E-state index contributed by atoms with van der Waals surface area (Å²) in [6.07, 6.45) is 5.74. The summed E-state index contributed by atoms with van der Waals surface area (Å²) in [5.74, 6) is 0.324. The van der Waals surface area contributed by atoms with Gasteiger partial charge in [0, 0.05) is 5.92 Å². The maximum Gasteiger partial charge on any atom is 0.0655 e. The topological polar surface area (TPSA) is 49.8 Å². The largest absolute Gasteiger partial charge is 0.331 e. The molecule has 0 spiro atoms. The molecule has 0 aromatic rings. The fourth-order valence-corrected chi connectivity index (χ4v) is 1.07. The Morgan fingerprint density at radius 3 is 2.00 bits per heavy atom. The molecule has 0 fully saturated rings. The third-order valence-corrected chi connectivity index (χ3v) is 1.73. The van der Waals surface area contributed by atoms with E-state index in [1.165, 1.54) is 12.8 Å². The summed E-state index contributed by atoms with van der Waals surface area (Å²) in [5, 5.41) is 8.63. The lowest BCUT2D eigenvalue weighted by Gasteiger charge is -2.04. The third-order valence-electron chi connectivity index (χ3n) is 1.73. The molecule has 0 aliphatic rings. The zero-order valence-corrected chi connectivity index (χ0v) is 9.34. The Hall–Kier alpha value is -0.550. The molecule has 0 aromatic heterocycles. The fraction of sp³-hybridized carbons (Fsp3) is 0.909. The van der Waals surface area contributed by atoms with E-state index in [0.29, 0.717) is 5.92 Å². The second-order valence-corrected chi connectivity index (χ2v) is 3.17. The molecule has 0 saturated carbocycles. The predicted molar refractivity (Wildman–Crippen MR) is 58.3 cm³/mol. The first kappa shape index (κ1) is 14.9. The molecule has 2 nitrogen and oxygen atoms in total. The van der Waals surface area contributed by atoms with Crippen molar-refractivity contribution in [3.63, 3.8) is 0 Å². The zero-order chi connectivity index (χ0) is 10.5. The van der Waals surface area contributed by atoms with E-state index < -0.39 is 0 Å². The van der Waals surface area contributed by atoms with Crippen LogP contribution in [0.25, 0.3) is 0 Å². The summed E-state index contributed by atoms with van der Waals surface area (Å²) in [6, 6.07) is 2.34. The molecule has 0 aliphatic carbocycles. The van der Waals surface area contributed by atoms with Crippen LogP contribution in [0.3, 0.4) is 0 Å². The summed E-state index contributed by atoms with van der Waals surface area (Å²) in [7, 11) is 0. The minimum atomic E-state index is 0.324. The van der Waals surface area contributed by atoms with Gasteiger partial charge < -0.3 is 5.73 Å². The summed E-state index contributed by atoms with van der Waals surface area (Å²) in [5.41, 5.74) is 4.85. The second-order valence-electron chi connectivity index (χ2n) is 3.17. The first-order valence-corrected chi connectivity index (χ1v) is 5.36. The Morgan fingerprint density at radius 2 is 1.69 bits per heavy atom. The smallest absolute Gasteiger partial charge is 0.0655 e. The van der Waals surface area contributed by atoms with E-state index in [0.717, 1.165) is 25.8 Å². The normalized spacial score (nSPS) is 11.0. The molecule has 0 saturated heterocycles. The lowest BCUT2D eigenvalue weighted by atomic mass is 9.99. The molecule has 1 atom stereocenters. The van der Waals surface area contributed by atoms with Crippen LogP contribution in [0.4, 0.5) is 0 Å². The van der Waals surface area contributed by atoms with Crippen LogP contribution >= 0.6 is 0 Å². The maximum atomic E-state index is 8.63. The molecule has 0 heterocycles. The van der Waals surface area contributed by atoms with Gasteiger partial charge in [-0.05, 0) is 19.4 Å². The first-order chi connectivity index (χ1) is 6.26. The van der Waals surface area contributed by atoms with E-state index in [1.807, 2.05) is 6.92 Å². The molecule has 1 unspecified atom stereocenters. The Labute approximate surface area is 83.1 Å². The van der Waals surface area contributed by atoms with Gasteiger partial charge in [0.2, 0.25) is 0 Å². The summed E-state index contributed by atoms with van der Waals surface area (Å²) < 4.78 is 0. The van der Waals surface area contributed by atoms with Crippen LogP contribution in [-0.4, -0.2) is 6.54 Å². The SMILES string of the molecule is CCCCC(C#N)CCC.CCN. The quantitative estimate of drug-likeness (QED) is 0.713. The number of rotatable bonds is 5. The lowest BCUT2D eigenvalue weighted by molar-refractivity contribution is 0.522. The number of hydrogen-bond donors (Lipinski definition) is 1. The minimum Gasteiger partial charge on any atom is -0.331 e. The molecule has 2 heteroatoms. The van der Waals surface area contributed by atoms with Gasteiger partial charge >= 0.3 is 0 Å². The molecule has 78 valence electrons.